The first kappa shape index (κ1) is 16.4. The maximum atomic E-state index is 13.3. The number of likely N-dealkylation sites (tertiary alicyclic amines) is 1. The van der Waals surface area contributed by atoms with Crippen LogP contribution in [0.2, 0.25) is 0 Å². The van der Waals surface area contributed by atoms with Gasteiger partial charge < -0.3 is 10.0 Å². The van der Waals surface area contributed by atoms with Crippen molar-refractivity contribution in [2.24, 2.45) is 5.92 Å². The number of halogens is 1. The molecular formula is C18H25FN2O2. The fraction of sp³-hybridized carbons (Fsp3) is 0.611. The molecule has 1 saturated carbocycles. The summed E-state index contributed by atoms with van der Waals surface area (Å²) >= 11 is 0. The lowest BCUT2D eigenvalue weighted by atomic mass is 9.88. The zero-order valence-electron chi connectivity index (χ0n) is 14.1. The topological polar surface area (TPSA) is 43.8 Å². The van der Waals surface area contributed by atoms with Gasteiger partial charge in [-0.25, -0.2) is 4.39 Å². The molecular weight excluding hydrogens is 295 g/mol. The largest absolute Gasteiger partial charge is 0.387 e. The predicted molar refractivity (Wildman–Crippen MR) is 86.8 cm³/mol. The van der Waals surface area contributed by atoms with Crippen LogP contribution in [-0.2, 0) is 0 Å². The third-order valence-electron chi connectivity index (χ3n) is 5.24. The van der Waals surface area contributed by atoms with Gasteiger partial charge in [0.1, 0.15) is 5.82 Å². The van der Waals surface area contributed by atoms with Crippen LogP contribution in [0.3, 0.4) is 0 Å². The summed E-state index contributed by atoms with van der Waals surface area (Å²) in [5.74, 6) is 0.0892. The Hall–Kier alpha value is -1.46. The zero-order chi connectivity index (χ0) is 16.8. The van der Waals surface area contributed by atoms with E-state index in [4.69, 9.17) is 0 Å². The van der Waals surface area contributed by atoms with E-state index in [-0.39, 0.29) is 17.8 Å². The molecule has 1 atom stereocenters. The fourth-order valence-electron chi connectivity index (χ4n) is 3.41. The van der Waals surface area contributed by atoms with Gasteiger partial charge in [0.05, 0.1) is 5.60 Å². The summed E-state index contributed by atoms with van der Waals surface area (Å²) in [5, 5.41) is 10.4. The minimum atomic E-state index is -0.490. The second-order valence-electron chi connectivity index (χ2n) is 7.28. The van der Waals surface area contributed by atoms with E-state index in [1.165, 1.54) is 12.1 Å². The molecule has 0 spiro atoms. The molecule has 0 radical (unpaired) electrons. The van der Waals surface area contributed by atoms with Gasteiger partial charge in [-0.05, 0) is 56.4 Å². The normalized spacial score (nSPS) is 21.6. The summed E-state index contributed by atoms with van der Waals surface area (Å²) in [4.78, 5) is 16.4. The lowest BCUT2D eigenvalue weighted by molar-refractivity contribution is -0.116. The van der Waals surface area contributed by atoms with Gasteiger partial charge in [0.15, 0.2) is 0 Å². The maximum absolute atomic E-state index is 13.3. The third kappa shape index (κ3) is 3.26. The number of hydrogen-bond acceptors (Lipinski definition) is 3. The number of β-amino-alcohol motifs (C(OH)–C–C–N with tert-alkyl or cyclic N) is 1. The summed E-state index contributed by atoms with van der Waals surface area (Å²) in [6.45, 7) is 5.83. The van der Waals surface area contributed by atoms with Gasteiger partial charge in [0.25, 0.3) is 5.91 Å². The smallest absolute Gasteiger partial charge is 0.253 e. The van der Waals surface area contributed by atoms with Crippen molar-refractivity contribution in [2.45, 2.75) is 38.3 Å². The van der Waals surface area contributed by atoms with E-state index in [1.54, 1.807) is 24.9 Å². The highest BCUT2D eigenvalue weighted by Gasteiger charge is 2.51. The second-order valence-corrected chi connectivity index (χ2v) is 7.28. The SMILES string of the molecule is Cc1cc(C(=O)N(C)[C@@H](C)CN2CC(O)(C3CC3)C2)ccc1F. The number of benzene rings is 1. The Balaban J connectivity index is 1.55. The number of aliphatic hydroxyl groups is 1. The lowest BCUT2D eigenvalue weighted by Gasteiger charge is -2.48. The first-order chi connectivity index (χ1) is 10.8. The van der Waals surface area contributed by atoms with Gasteiger partial charge in [0.2, 0.25) is 0 Å². The van der Waals surface area contributed by atoms with Crippen LogP contribution in [0.4, 0.5) is 4.39 Å². The Labute approximate surface area is 136 Å². The number of nitrogens with zero attached hydrogens (tertiary/aromatic N) is 2. The molecule has 1 aromatic carbocycles. The first-order valence-electron chi connectivity index (χ1n) is 8.28. The molecule has 5 heteroatoms. The number of likely N-dealkylation sites (N-methyl/N-ethyl adjacent to an activating group) is 1. The first-order valence-corrected chi connectivity index (χ1v) is 8.28. The molecule has 3 rings (SSSR count). The Kier molecular flexibility index (Phi) is 4.19. The molecule has 1 aromatic rings. The Morgan fingerprint density at radius 1 is 1.48 bits per heavy atom. The molecule has 0 aromatic heterocycles. The monoisotopic (exact) mass is 320 g/mol. The summed E-state index contributed by atoms with van der Waals surface area (Å²) in [6, 6.07) is 4.50. The maximum Gasteiger partial charge on any atom is 0.253 e. The van der Waals surface area contributed by atoms with Gasteiger partial charge in [-0.15, -0.1) is 0 Å². The van der Waals surface area contributed by atoms with E-state index < -0.39 is 5.60 Å². The average Bonchev–Trinajstić information content (AvgIpc) is 3.31. The predicted octanol–water partition coefficient (Wildman–Crippen LogP) is 2.05. The zero-order valence-corrected chi connectivity index (χ0v) is 14.1. The molecule has 1 heterocycles. The van der Waals surface area contributed by atoms with Crippen molar-refractivity contribution >= 4 is 5.91 Å². The minimum Gasteiger partial charge on any atom is -0.387 e. The number of rotatable bonds is 5. The van der Waals surface area contributed by atoms with Crippen LogP contribution < -0.4 is 0 Å². The summed E-state index contributed by atoms with van der Waals surface area (Å²) in [5.41, 5.74) is 0.501. The molecule has 126 valence electrons. The highest BCUT2D eigenvalue weighted by Crippen LogP contribution is 2.44. The lowest BCUT2D eigenvalue weighted by Crippen LogP contribution is -2.65. The number of carbonyl (C=O) groups is 1. The van der Waals surface area contributed by atoms with Crippen molar-refractivity contribution in [1.29, 1.82) is 0 Å². The Morgan fingerprint density at radius 2 is 2.13 bits per heavy atom. The summed E-state index contributed by atoms with van der Waals surface area (Å²) in [7, 11) is 1.78. The van der Waals surface area contributed by atoms with Crippen molar-refractivity contribution in [2.75, 3.05) is 26.7 Å². The quantitative estimate of drug-likeness (QED) is 0.903. The summed E-state index contributed by atoms with van der Waals surface area (Å²) < 4.78 is 13.3. The summed E-state index contributed by atoms with van der Waals surface area (Å²) in [6.07, 6.45) is 2.28. The second kappa shape index (κ2) is 5.87. The highest BCUT2D eigenvalue weighted by molar-refractivity contribution is 5.94. The van der Waals surface area contributed by atoms with E-state index in [1.807, 2.05) is 6.92 Å². The van der Waals surface area contributed by atoms with Crippen molar-refractivity contribution in [3.05, 3.63) is 35.1 Å². The molecule has 1 saturated heterocycles. The van der Waals surface area contributed by atoms with Gasteiger partial charge >= 0.3 is 0 Å². The van der Waals surface area contributed by atoms with E-state index in [2.05, 4.69) is 4.90 Å². The van der Waals surface area contributed by atoms with Crippen LogP contribution in [-0.4, -0.2) is 59.1 Å². The molecule has 1 aliphatic heterocycles. The minimum absolute atomic E-state index is 0.0385. The van der Waals surface area contributed by atoms with Crippen LogP contribution in [0.15, 0.2) is 18.2 Å². The highest BCUT2D eigenvalue weighted by atomic mass is 19.1. The number of amides is 1. The van der Waals surface area contributed by atoms with Crippen molar-refractivity contribution in [1.82, 2.24) is 9.80 Å². The van der Waals surface area contributed by atoms with Crippen LogP contribution in [0.5, 0.6) is 0 Å². The molecule has 4 nitrogen and oxygen atoms in total. The van der Waals surface area contributed by atoms with Crippen molar-refractivity contribution in [3.63, 3.8) is 0 Å². The van der Waals surface area contributed by atoms with Crippen molar-refractivity contribution in [3.8, 4) is 0 Å². The third-order valence-corrected chi connectivity index (χ3v) is 5.24. The van der Waals surface area contributed by atoms with Crippen LogP contribution >= 0.6 is 0 Å². The number of carbonyl (C=O) groups excluding carboxylic acids is 1. The molecule has 2 aliphatic rings. The van der Waals surface area contributed by atoms with Crippen LogP contribution in [0.1, 0.15) is 35.7 Å². The molecule has 0 bridgehead atoms. The molecule has 2 fully saturated rings. The van der Waals surface area contributed by atoms with E-state index in [9.17, 15) is 14.3 Å². The van der Waals surface area contributed by atoms with Crippen LogP contribution in [0, 0.1) is 18.7 Å². The molecule has 1 N–H and O–H groups in total. The standard InChI is InChI=1S/C18H25FN2O2/c1-12-8-14(4-7-16(12)19)17(22)20(3)13(2)9-21-10-18(23,11-21)15-5-6-15/h4,7-8,13,15,23H,5-6,9-11H2,1-3H3/t13-/m0/s1. The van der Waals surface area contributed by atoms with E-state index in [0.29, 0.717) is 30.1 Å². The molecule has 1 amide bonds. The van der Waals surface area contributed by atoms with Gasteiger partial charge in [-0.3, -0.25) is 9.69 Å². The van der Waals surface area contributed by atoms with Gasteiger partial charge in [0, 0.05) is 38.3 Å². The molecule has 1 aliphatic carbocycles. The van der Waals surface area contributed by atoms with Crippen molar-refractivity contribution < 1.29 is 14.3 Å². The molecule has 0 unspecified atom stereocenters. The van der Waals surface area contributed by atoms with Gasteiger partial charge in [-0.1, -0.05) is 0 Å². The van der Waals surface area contributed by atoms with E-state index >= 15 is 0 Å². The molecule has 23 heavy (non-hydrogen) atoms. The van der Waals surface area contributed by atoms with Crippen LogP contribution in [0.25, 0.3) is 0 Å². The fourth-order valence-corrected chi connectivity index (χ4v) is 3.41. The number of aryl methyl sites for hydroxylation is 1. The average molecular weight is 320 g/mol. The number of hydrogen-bond donors (Lipinski definition) is 1. The van der Waals surface area contributed by atoms with E-state index in [0.717, 1.165) is 19.4 Å². The Morgan fingerprint density at radius 3 is 2.70 bits per heavy atom. The van der Waals surface area contributed by atoms with Gasteiger partial charge in [-0.2, -0.15) is 0 Å². The Bertz CT molecular complexity index is 609.